The molecule has 4 heteroatoms. The van der Waals surface area contributed by atoms with Crippen LogP contribution in [0.25, 0.3) is 0 Å². The molecule has 0 N–H and O–H groups in total. The molecule has 0 aliphatic rings. The molecule has 0 bridgehead atoms. The third-order valence-corrected chi connectivity index (χ3v) is 3.52. The van der Waals surface area contributed by atoms with Crippen LogP contribution in [0.3, 0.4) is 0 Å². The average Bonchev–Trinajstić information content (AvgIpc) is 2.38. The number of hydrogen-bond acceptors (Lipinski definition) is 2. The molecule has 0 atom stereocenters. The molecule has 1 aromatic rings. The summed E-state index contributed by atoms with van der Waals surface area (Å²) in [6.45, 7) is 8.54. The van der Waals surface area contributed by atoms with Crippen LogP contribution in [0.5, 0.6) is 0 Å². The topological polar surface area (TPSA) is 29.5 Å². The summed E-state index contributed by atoms with van der Waals surface area (Å²) < 4.78 is 6.52. The predicted octanol–water partition coefficient (Wildman–Crippen LogP) is 5.77. The van der Waals surface area contributed by atoms with Gasteiger partial charge in [-0.3, -0.25) is 4.90 Å². The molecule has 0 saturated carbocycles. The molecule has 0 heterocycles. The fourth-order valence-electron chi connectivity index (χ4n) is 1.96. The molecule has 0 saturated heterocycles. The minimum absolute atomic E-state index is 0.277. The highest BCUT2D eigenvalue weighted by atomic mass is 79.9. The number of carbonyl (C=O) groups excluding carboxylic acids is 1. The number of anilines is 1. The second-order valence-corrected chi connectivity index (χ2v) is 7.08. The van der Waals surface area contributed by atoms with Gasteiger partial charge in [0.05, 0.1) is 0 Å². The normalized spacial score (nSPS) is 11.3. The highest BCUT2D eigenvalue weighted by Crippen LogP contribution is 2.21. The smallest absolute Gasteiger partial charge is 0.414 e. The first-order valence-corrected chi connectivity index (χ1v) is 8.39. The summed E-state index contributed by atoms with van der Waals surface area (Å²) in [5.74, 6) is 0. The van der Waals surface area contributed by atoms with Gasteiger partial charge in [-0.15, -0.1) is 0 Å². The van der Waals surface area contributed by atoms with Crippen molar-refractivity contribution in [3.8, 4) is 0 Å². The fraction of sp³-hybridized carbons (Fsp3) is 0.588. The molecule has 118 valence electrons. The third kappa shape index (κ3) is 6.98. The molecule has 0 radical (unpaired) electrons. The van der Waals surface area contributed by atoms with E-state index in [-0.39, 0.29) is 6.09 Å². The molecule has 1 aromatic carbocycles. The molecule has 0 aliphatic carbocycles. The van der Waals surface area contributed by atoms with Gasteiger partial charge in [0, 0.05) is 16.7 Å². The van der Waals surface area contributed by atoms with Crippen molar-refractivity contribution in [2.45, 2.75) is 59.0 Å². The first-order chi connectivity index (χ1) is 9.83. The highest BCUT2D eigenvalue weighted by molar-refractivity contribution is 9.10. The van der Waals surface area contributed by atoms with Crippen molar-refractivity contribution < 1.29 is 9.53 Å². The van der Waals surface area contributed by atoms with E-state index in [2.05, 4.69) is 22.9 Å². The van der Waals surface area contributed by atoms with E-state index >= 15 is 0 Å². The molecule has 21 heavy (non-hydrogen) atoms. The zero-order chi connectivity index (χ0) is 15.9. The van der Waals surface area contributed by atoms with E-state index in [0.717, 1.165) is 23.0 Å². The van der Waals surface area contributed by atoms with Crippen LogP contribution >= 0.6 is 15.9 Å². The standard InChI is InChI=1S/C17H26BrNO2/c1-5-6-7-8-13-19(16(20)21-17(2,3)4)15-11-9-14(18)10-12-15/h9-12H,5-8,13H2,1-4H3. The monoisotopic (exact) mass is 355 g/mol. The van der Waals surface area contributed by atoms with E-state index < -0.39 is 5.60 Å². The van der Waals surface area contributed by atoms with Crippen LogP contribution in [0.15, 0.2) is 28.7 Å². The summed E-state index contributed by atoms with van der Waals surface area (Å²) in [6, 6.07) is 7.76. The van der Waals surface area contributed by atoms with Crippen molar-refractivity contribution in [2.24, 2.45) is 0 Å². The van der Waals surface area contributed by atoms with E-state index in [1.807, 2.05) is 45.0 Å². The molecular weight excluding hydrogens is 330 g/mol. The highest BCUT2D eigenvalue weighted by Gasteiger charge is 2.23. The Morgan fingerprint density at radius 1 is 1.14 bits per heavy atom. The molecule has 0 fully saturated rings. The maximum atomic E-state index is 12.4. The number of ether oxygens (including phenoxy) is 1. The van der Waals surface area contributed by atoms with E-state index in [0.29, 0.717) is 6.54 Å². The van der Waals surface area contributed by atoms with Crippen LogP contribution in [0.2, 0.25) is 0 Å². The van der Waals surface area contributed by atoms with Gasteiger partial charge in [-0.25, -0.2) is 4.79 Å². The van der Waals surface area contributed by atoms with Crippen LogP contribution in [0.4, 0.5) is 10.5 Å². The Morgan fingerprint density at radius 3 is 2.29 bits per heavy atom. The van der Waals surface area contributed by atoms with E-state index in [9.17, 15) is 4.79 Å². The van der Waals surface area contributed by atoms with Crippen molar-refractivity contribution in [1.82, 2.24) is 0 Å². The lowest BCUT2D eigenvalue weighted by atomic mass is 10.2. The Bertz CT molecular complexity index is 437. The largest absolute Gasteiger partial charge is 0.443 e. The number of carbonyl (C=O) groups is 1. The summed E-state index contributed by atoms with van der Waals surface area (Å²) in [6.07, 6.45) is 4.23. The van der Waals surface area contributed by atoms with Crippen LogP contribution in [-0.4, -0.2) is 18.2 Å². The Balaban J connectivity index is 2.78. The SMILES string of the molecule is CCCCCCN(C(=O)OC(C)(C)C)c1ccc(Br)cc1. The Kier molecular flexibility index (Phi) is 7.23. The third-order valence-electron chi connectivity index (χ3n) is 2.99. The summed E-state index contributed by atoms with van der Waals surface area (Å²) in [5.41, 5.74) is 0.401. The molecule has 0 aromatic heterocycles. The van der Waals surface area contributed by atoms with Crippen LogP contribution in [-0.2, 0) is 4.74 Å². The van der Waals surface area contributed by atoms with Gasteiger partial charge < -0.3 is 4.74 Å². The van der Waals surface area contributed by atoms with E-state index in [4.69, 9.17) is 4.74 Å². The predicted molar refractivity (Wildman–Crippen MR) is 91.9 cm³/mol. The van der Waals surface area contributed by atoms with Crippen molar-refractivity contribution in [3.05, 3.63) is 28.7 Å². The summed E-state index contributed by atoms with van der Waals surface area (Å²) >= 11 is 3.42. The Morgan fingerprint density at radius 2 is 1.76 bits per heavy atom. The van der Waals surface area contributed by atoms with Gasteiger partial charge in [-0.1, -0.05) is 42.1 Å². The second-order valence-electron chi connectivity index (χ2n) is 6.17. The molecule has 1 amide bonds. The molecular formula is C17H26BrNO2. The van der Waals surface area contributed by atoms with Gasteiger partial charge in [0.25, 0.3) is 0 Å². The zero-order valence-electron chi connectivity index (χ0n) is 13.5. The number of halogens is 1. The fourth-order valence-corrected chi connectivity index (χ4v) is 2.22. The summed E-state index contributed by atoms with van der Waals surface area (Å²) in [4.78, 5) is 14.1. The minimum Gasteiger partial charge on any atom is -0.443 e. The van der Waals surface area contributed by atoms with Crippen LogP contribution < -0.4 is 4.90 Å². The molecule has 0 aliphatic heterocycles. The lowest BCUT2D eigenvalue weighted by Gasteiger charge is -2.27. The number of amides is 1. The zero-order valence-corrected chi connectivity index (χ0v) is 15.1. The Hall–Kier alpha value is -1.03. The summed E-state index contributed by atoms with van der Waals surface area (Å²) in [7, 11) is 0. The van der Waals surface area contributed by atoms with Crippen molar-refractivity contribution >= 4 is 27.7 Å². The first-order valence-electron chi connectivity index (χ1n) is 7.59. The maximum absolute atomic E-state index is 12.4. The molecule has 1 rings (SSSR count). The van der Waals surface area contributed by atoms with E-state index in [1.54, 1.807) is 4.90 Å². The number of benzene rings is 1. The maximum Gasteiger partial charge on any atom is 0.414 e. The van der Waals surface area contributed by atoms with Crippen LogP contribution in [0.1, 0.15) is 53.4 Å². The van der Waals surface area contributed by atoms with Gasteiger partial charge >= 0.3 is 6.09 Å². The number of nitrogens with zero attached hydrogens (tertiary/aromatic N) is 1. The second kappa shape index (κ2) is 8.42. The van der Waals surface area contributed by atoms with Crippen molar-refractivity contribution in [2.75, 3.05) is 11.4 Å². The van der Waals surface area contributed by atoms with Crippen LogP contribution in [0, 0.1) is 0 Å². The number of hydrogen-bond donors (Lipinski definition) is 0. The lowest BCUT2D eigenvalue weighted by molar-refractivity contribution is 0.0579. The number of unbranched alkanes of at least 4 members (excludes halogenated alkanes) is 3. The van der Waals surface area contributed by atoms with Gasteiger partial charge in [-0.2, -0.15) is 0 Å². The van der Waals surface area contributed by atoms with Gasteiger partial charge in [-0.05, 0) is 51.5 Å². The molecule has 0 unspecified atom stereocenters. The summed E-state index contributed by atoms with van der Waals surface area (Å²) in [5, 5.41) is 0. The quantitative estimate of drug-likeness (QED) is 0.606. The minimum atomic E-state index is -0.478. The van der Waals surface area contributed by atoms with Gasteiger partial charge in [0.15, 0.2) is 0 Å². The van der Waals surface area contributed by atoms with Gasteiger partial charge in [0.2, 0.25) is 0 Å². The van der Waals surface area contributed by atoms with Crippen molar-refractivity contribution in [1.29, 1.82) is 0 Å². The van der Waals surface area contributed by atoms with Crippen molar-refractivity contribution in [3.63, 3.8) is 0 Å². The lowest BCUT2D eigenvalue weighted by Crippen LogP contribution is -2.37. The Labute approximate surface area is 136 Å². The van der Waals surface area contributed by atoms with E-state index in [1.165, 1.54) is 12.8 Å². The first kappa shape index (κ1) is 18.0. The molecule has 3 nitrogen and oxygen atoms in total. The van der Waals surface area contributed by atoms with Gasteiger partial charge in [0.1, 0.15) is 5.60 Å². The molecule has 0 spiro atoms. The number of rotatable bonds is 6. The average molecular weight is 356 g/mol.